The monoisotopic (exact) mass is 384 g/mol. The van der Waals surface area contributed by atoms with E-state index in [2.05, 4.69) is 5.32 Å². The fraction of sp³-hybridized carbons (Fsp3) is 0.125. The van der Waals surface area contributed by atoms with Crippen molar-refractivity contribution in [2.24, 2.45) is 0 Å². The molecule has 1 aliphatic heterocycles. The summed E-state index contributed by atoms with van der Waals surface area (Å²) >= 11 is 0. The van der Waals surface area contributed by atoms with E-state index < -0.39 is 0 Å². The average molecular weight is 384 g/mol. The van der Waals surface area contributed by atoms with Crippen LogP contribution in [0.5, 0.6) is 0 Å². The van der Waals surface area contributed by atoms with Gasteiger partial charge in [-0.15, -0.1) is 0 Å². The van der Waals surface area contributed by atoms with Crippen LogP contribution in [-0.4, -0.2) is 24.1 Å². The summed E-state index contributed by atoms with van der Waals surface area (Å²) in [7, 11) is 0. The Morgan fingerprint density at radius 2 is 1.41 bits per heavy atom. The number of nitrogens with one attached hydrogen (secondary N) is 1. The second kappa shape index (κ2) is 7.72. The summed E-state index contributed by atoms with van der Waals surface area (Å²) in [6, 6.07) is 21.3. The first-order chi connectivity index (χ1) is 14.0. The van der Waals surface area contributed by atoms with Crippen LogP contribution in [0.1, 0.15) is 43.6 Å². The molecule has 4 rings (SSSR count). The molecule has 3 aromatic carbocycles. The zero-order valence-electron chi connectivity index (χ0n) is 16.0. The number of amides is 2. The molecule has 0 unspecified atom stereocenters. The summed E-state index contributed by atoms with van der Waals surface area (Å²) in [6.45, 7) is 2.16. The minimum Gasteiger partial charge on any atom is -0.322 e. The zero-order chi connectivity index (χ0) is 20.4. The van der Waals surface area contributed by atoms with Crippen molar-refractivity contribution in [3.63, 3.8) is 0 Å². The number of nitrogens with zero attached hydrogens (tertiary/aromatic N) is 1. The Kier molecular flexibility index (Phi) is 4.96. The number of ketones is 1. The summed E-state index contributed by atoms with van der Waals surface area (Å²) in [5, 5.41) is 2.81. The number of hydrogen-bond donors (Lipinski definition) is 1. The van der Waals surface area contributed by atoms with Crippen LogP contribution in [0.25, 0.3) is 0 Å². The smallest absolute Gasteiger partial charge is 0.258 e. The van der Waals surface area contributed by atoms with E-state index >= 15 is 0 Å². The fourth-order valence-corrected chi connectivity index (χ4v) is 3.46. The van der Waals surface area contributed by atoms with Crippen molar-refractivity contribution in [2.45, 2.75) is 13.3 Å². The Labute approximate surface area is 169 Å². The lowest BCUT2D eigenvalue weighted by Crippen LogP contribution is -2.28. The predicted molar refractivity (Wildman–Crippen MR) is 113 cm³/mol. The largest absolute Gasteiger partial charge is 0.322 e. The predicted octanol–water partition coefficient (Wildman–Crippen LogP) is 4.34. The minimum absolute atomic E-state index is 0.0437. The van der Waals surface area contributed by atoms with Gasteiger partial charge in [0.15, 0.2) is 5.78 Å². The third kappa shape index (κ3) is 3.80. The van der Waals surface area contributed by atoms with Crippen LogP contribution in [0.15, 0.2) is 72.8 Å². The molecule has 5 nitrogen and oxygen atoms in total. The number of Topliss-reactive ketones (excluding diaryl/α,β-unsaturated/α-hetero) is 1. The maximum absolute atomic E-state index is 12.9. The quantitative estimate of drug-likeness (QED) is 0.680. The van der Waals surface area contributed by atoms with Gasteiger partial charge in [0.25, 0.3) is 11.8 Å². The molecule has 1 aliphatic rings. The Bertz CT molecular complexity index is 1090. The van der Waals surface area contributed by atoms with Gasteiger partial charge in [-0.2, -0.15) is 0 Å². The zero-order valence-corrected chi connectivity index (χ0v) is 16.0. The number of hydrogen-bond acceptors (Lipinski definition) is 3. The lowest BCUT2D eigenvalue weighted by molar-refractivity contribution is 0.0986. The van der Waals surface area contributed by atoms with Crippen LogP contribution in [0, 0.1) is 0 Å². The molecular weight excluding hydrogens is 364 g/mol. The highest BCUT2D eigenvalue weighted by Crippen LogP contribution is 2.29. The topological polar surface area (TPSA) is 66.5 Å². The summed E-state index contributed by atoms with van der Waals surface area (Å²) in [5.74, 6) is -0.363. The normalized spacial score (nSPS) is 12.4. The third-order valence-electron chi connectivity index (χ3n) is 5.08. The van der Waals surface area contributed by atoms with Crippen LogP contribution in [0.4, 0.5) is 11.4 Å². The second-order valence-corrected chi connectivity index (χ2v) is 7.00. The van der Waals surface area contributed by atoms with Crippen LogP contribution in [0.2, 0.25) is 0 Å². The highest BCUT2D eigenvalue weighted by Gasteiger charge is 2.25. The van der Waals surface area contributed by atoms with Crippen molar-refractivity contribution in [3.8, 4) is 0 Å². The standard InChI is InChI=1S/C24H20N2O3/c1-16(27)17-6-8-19(9-7-17)23(28)25-21-12-10-20(11-13-21)24(29)26-15-14-18-4-2-3-5-22(18)26/h2-13H,14-15H2,1H3,(H,25,28). The molecule has 3 aromatic rings. The van der Waals surface area contributed by atoms with Gasteiger partial charge in [0.1, 0.15) is 0 Å². The molecule has 29 heavy (non-hydrogen) atoms. The summed E-state index contributed by atoms with van der Waals surface area (Å²) in [4.78, 5) is 38.4. The highest BCUT2D eigenvalue weighted by molar-refractivity contribution is 6.08. The molecule has 0 saturated heterocycles. The highest BCUT2D eigenvalue weighted by atomic mass is 16.2. The van der Waals surface area contributed by atoms with E-state index in [4.69, 9.17) is 0 Å². The SMILES string of the molecule is CC(=O)c1ccc(C(=O)Nc2ccc(C(=O)N3CCc4ccccc43)cc2)cc1. The van der Waals surface area contributed by atoms with Crippen LogP contribution < -0.4 is 10.2 Å². The fourth-order valence-electron chi connectivity index (χ4n) is 3.46. The van der Waals surface area contributed by atoms with Crippen molar-refractivity contribution >= 4 is 29.0 Å². The maximum atomic E-state index is 12.9. The Balaban J connectivity index is 1.45. The summed E-state index contributed by atoms with van der Waals surface area (Å²) < 4.78 is 0. The van der Waals surface area contributed by atoms with Crippen molar-refractivity contribution in [1.82, 2.24) is 0 Å². The lowest BCUT2D eigenvalue weighted by Gasteiger charge is -2.17. The number of fused-ring (bicyclic) bond motifs is 1. The third-order valence-corrected chi connectivity index (χ3v) is 5.08. The van der Waals surface area contributed by atoms with E-state index in [-0.39, 0.29) is 17.6 Å². The Hall–Kier alpha value is -3.73. The number of benzene rings is 3. The van der Waals surface area contributed by atoms with Gasteiger partial charge in [0.2, 0.25) is 0 Å². The molecule has 0 radical (unpaired) electrons. The molecule has 0 fully saturated rings. The first kappa shape index (κ1) is 18.6. The average Bonchev–Trinajstić information content (AvgIpc) is 3.18. The van der Waals surface area contributed by atoms with Gasteiger partial charge in [-0.25, -0.2) is 0 Å². The van der Waals surface area contributed by atoms with Gasteiger partial charge in [0.05, 0.1) is 0 Å². The van der Waals surface area contributed by atoms with Crippen LogP contribution in [-0.2, 0) is 6.42 Å². The number of carbonyl (C=O) groups is 3. The van der Waals surface area contributed by atoms with E-state index in [9.17, 15) is 14.4 Å². The number of anilines is 2. The molecule has 0 aromatic heterocycles. The summed E-state index contributed by atoms with van der Waals surface area (Å²) in [5.41, 5.74) is 4.34. The van der Waals surface area contributed by atoms with Crippen LogP contribution in [0.3, 0.4) is 0 Å². The van der Waals surface area contributed by atoms with Gasteiger partial charge in [-0.05, 0) is 61.4 Å². The van der Waals surface area contributed by atoms with E-state index in [1.807, 2.05) is 24.3 Å². The molecule has 1 heterocycles. The molecule has 2 amide bonds. The van der Waals surface area contributed by atoms with Crippen molar-refractivity contribution in [1.29, 1.82) is 0 Å². The molecular formula is C24H20N2O3. The molecule has 5 heteroatoms. The van der Waals surface area contributed by atoms with E-state index in [0.717, 1.165) is 12.1 Å². The molecule has 0 bridgehead atoms. The van der Waals surface area contributed by atoms with E-state index in [1.54, 1.807) is 53.4 Å². The molecule has 0 spiro atoms. The second-order valence-electron chi connectivity index (χ2n) is 7.00. The maximum Gasteiger partial charge on any atom is 0.258 e. The lowest BCUT2D eigenvalue weighted by atomic mass is 10.1. The van der Waals surface area contributed by atoms with Gasteiger partial charge >= 0.3 is 0 Å². The van der Waals surface area contributed by atoms with E-state index in [1.165, 1.54) is 12.5 Å². The Morgan fingerprint density at radius 1 is 0.793 bits per heavy atom. The van der Waals surface area contributed by atoms with Gasteiger partial charge in [-0.3, -0.25) is 14.4 Å². The van der Waals surface area contributed by atoms with Gasteiger partial charge in [0, 0.05) is 34.6 Å². The first-order valence-electron chi connectivity index (χ1n) is 9.45. The molecule has 144 valence electrons. The van der Waals surface area contributed by atoms with Crippen molar-refractivity contribution in [2.75, 3.05) is 16.8 Å². The molecule has 0 atom stereocenters. The van der Waals surface area contributed by atoms with Crippen molar-refractivity contribution < 1.29 is 14.4 Å². The number of carbonyl (C=O) groups excluding carboxylic acids is 3. The molecule has 1 N–H and O–H groups in total. The summed E-state index contributed by atoms with van der Waals surface area (Å²) in [6.07, 6.45) is 0.860. The van der Waals surface area contributed by atoms with Gasteiger partial charge in [-0.1, -0.05) is 30.3 Å². The minimum atomic E-state index is -0.271. The number of rotatable bonds is 4. The van der Waals surface area contributed by atoms with Gasteiger partial charge < -0.3 is 10.2 Å². The number of para-hydroxylation sites is 1. The Morgan fingerprint density at radius 3 is 2.10 bits per heavy atom. The van der Waals surface area contributed by atoms with E-state index in [0.29, 0.717) is 28.9 Å². The molecule has 0 saturated carbocycles. The first-order valence-corrected chi connectivity index (χ1v) is 9.45. The van der Waals surface area contributed by atoms with Crippen LogP contribution >= 0.6 is 0 Å². The van der Waals surface area contributed by atoms with Crippen molar-refractivity contribution in [3.05, 3.63) is 95.1 Å². The molecule has 0 aliphatic carbocycles.